The van der Waals surface area contributed by atoms with Gasteiger partial charge in [0.05, 0.1) is 5.69 Å². The molecule has 0 aliphatic carbocycles. The van der Waals surface area contributed by atoms with Crippen molar-refractivity contribution in [3.8, 4) is 11.3 Å². The first-order valence-electron chi connectivity index (χ1n) is 8.36. The van der Waals surface area contributed by atoms with E-state index in [-0.39, 0.29) is 0 Å². The average molecular weight is 301 g/mol. The lowest BCUT2D eigenvalue weighted by Gasteiger charge is -2.25. The number of hydrogen-bond donors (Lipinski definition) is 0. The van der Waals surface area contributed by atoms with Gasteiger partial charge in [0.25, 0.3) is 0 Å². The lowest BCUT2D eigenvalue weighted by molar-refractivity contribution is 0.364. The van der Waals surface area contributed by atoms with E-state index >= 15 is 0 Å². The second-order valence-electron chi connectivity index (χ2n) is 6.89. The van der Waals surface area contributed by atoms with E-state index in [4.69, 9.17) is 4.98 Å². The van der Waals surface area contributed by atoms with Gasteiger partial charge in [0.2, 0.25) is 0 Å². The number of fused-ring (bicyclic) bond motifs is 3. The standard InChI is InChI=1S/C20H19N3/c1-2-15-12-21-9-6-17(15)18(3-1)19-5-4-16(13-22-19)20-7-10-23(14-20)11-8-20/h1-6,9,12-13H,7-8,10-11,14H2. The molecule has 4 heterocycles. The highest BCUT2D eigenvalue weighted by atomic mass is 15.2. The van der Waals surface area contributed by atoms with Gasteiger partial charge in [-0.3, -0.25) is 9.97 Å². The molecular formula is C20H19N3. The van der Waals surface area contributed by atoms with Crippen LogP contribution in [0.5, 0.6) is 0 Å². The highest BCUT2D eigenvalue weighted by Gasteiger charge is 2.44. The highest BCUT2D eigenvalue weighted by molar-refractivity contribution is 5.95. The lowest BCUT2D eigenvalue weighted by atomic mass is 9.78. The molecule has 0 amide bonds. The van der Waals surface area contributed by atoms with Gasteiger partial charge in [-0.15, -0.1) is 0 Å². The molecule has 3 heteroatoms. The molecule has 2 aromatic heterocycles. The van der Waals surface area contributed by atoms with Crippen molar-refractivity contribution in [2.24, 2.45) is 0 Å². The summed E-state index contributed by atoms with van der Waals surface area (Å²) in [5.74, 6) is 0. The van der Waals surface area contributed by atoms with Crippen molar-refractivity contribution >= 4 is 10.8 Å². The maximum atomic E-state index is 4.82. The summed E-state index contributed by atoms with van der Waals surface area (Å²) in [5.41, 5.74) is 4.03. The van der Waals surface area contributed by atoms with E-state index < -0.39 is 0 Å². The van der Waals surface area contributed by atoms with E-state index in [2.05, 4.69) is 52.5 Å². The van der Waals surface area contributed by atoms with Crippen LogP contribution in [0.2, 0.25) is 0 Å². The molecule has 0 unspecified atom stereocenters. The molecule has 0 N–H and O–H groups in total. The summed E-state index contributed by atoms with van der Waals surface area (Å²) in [6.45, 7) is 3.71. The van der Waals surface area contributed by atoms with Crippen molar-refractivity contribution in [2.45, 2.75) is 18.3 Å². The number of aromatic nitrogens is 2. The molecule has 0 saturated carbocycles. The normalized spacial score (nSPS) is 26.0. The molecule has 23 heavy (non-hydrogen) atoms. The zero-order valence-corrected chi connectivity index (χ0v) is 13.1. The zero-order valence-electron chi connectivity index (χ0n) is 13.1. The third-order valence-corrected chi connectivity index (χ3v) is 5.67. The van der Waals surface area contributed by atoms with Crippen LogP contribution in [0.25, 0.3) is 22.0 Å². The monoisotopic (exact) mass is 301 g/mol. The molecule has 0 spiro atoms. The molecule has 0 radical (unpaired) electrons. The number of hydrogen-bond acceptors (Lipinski definition) is 3. The Kier molecular flexibility index (Phi) is 2.79. The molecule has 3 aromatic rings. The molecule has 2 bridgehead atoms. The number of rotatable bonds is 2. The van der Waals surface area contributed by atoms with Gasteiger partial charge in [-0.2, -0.15) is 0 Å². The fraction of sp³-hybridized carbons (Fsp3) is 0.300. The first-order chi connectivity index (χ1) is 11.3. The number of benzene rings is 1. The van der Waals surface area contributed by atoms with Crippen LogP contribution in [0.1, 0.15) is 18.4 Å². The van der Waals surface area contributed by atoms with E-state index in [1.165, 1.54) is 49.0 Å². The number of piperidine rings is 1. The van der Waals surface area contributed by atoms with E-state index in [0.717, 1.165) is 11.1 Å². The Morgan fingerprint density at radius 2 is 1.87 bits per heavy atom. The Labute approximate surface area is 136 Å². The largest absolute Gasteiger partial charge is 0.302 e. The van der Waals surface area contributed by atoms with Crippen LogP contribution < -0.4 is 0 Å². The van der Waals surface area contributed by atoms with E-state index in [1.807, 2.05) is 12.4 Å². The third kappa shape index (κ3) is 2.00. The molecule has 3 nitrogen and oxygen atoms in total. The molecule has 2 aliphatic rings. The summed E-state index contributed by atoms with van der Waals surface area (Å²) in [6, 6.07) is 12.9. The van der Waals surface area contributed by atoms with Gasteiger partial charge in [0.15, 0.2) is 0 Å². The Bertz CT molecular complexity index is 856. The van der Waals surface area contributed by atoms with Crippen LogP contribution in [0.4, 0.5) is 0 Å². The van der Waals surface area contributed by atoms with Gasteiger partial charge in [-0.25, -0.2) is 0 Å². The Hall–Kier alpha value is -2.26. The van der Waals surface area contributed by atoms with Gasteiger partial charge in [-0.05, 0) is 49.0 Å². The first kappa shape index (κ1) is 13.2. The van der Waals surface area contributed by atoms with Crippen molar-refractivity contribution in [3.63, 3.8) is 0 Å². The topological polar surface area (TPSA) is 29.0 Å². The van der Waals surface area contributed by atoms with Crippen LogP contribution in [-0.4, -0.2) is 34.5 Å². The number of pyridine rings is 2. The summed E-state index contributed by atoms with van der Waals surface area (Å²) in [5, 5.41) is 2.38. The maximum Gasteiger partial charge on any atom is 0.0708 e. The van der Waals surface area contributed by atoms with Crippen molar-refractivity contribution in [1.82, 2.24) is 14.9 Å². The summed E-state index contributed by atoms with van der Waals surface area (Å²) in [7, 11) is 0. The van der Waals surface area contributed by atoms with Gasteiger partial charge in [-0.1, -0.05) is 24.3 Å². The van der Waals surface area contributed by atoms with Crippen LogP contribution in [0, 0.1) is 0 Å². The third-order valence-electron chi connectivity index (χ3n) is 5.67. The Balaban J connectivity index is 1.57. The van der Waals surface area contributed by atoms with Crippen LogP contribution in [0.15, 0.2) is 55.0 Å². The summed E-state index contributed by atoms with van der Waals surface area (Å²) < 4.78 is 0. The molecule has 1 aromatic carbocycles. The van der Waals surface area contributed by atoms with E-state index in [1.54, 1.807) is 0 Å². The summed E-state index contributed by atoms with van der Waals surface area (Å²) >= 11 is 0. The van der Waals surface area contributed by atoms with Crippen molar-refractivity contribution in [3.05, 3.63) is 60.6 Å². The molecule has 114 valence electrons. The minimum absolute atomic E-state index is 0.369. The number of nitrogens with zero attached hydrogens (tertiary/aromatic N) is 3. The van der Waals surface area contributed by atoms with E-state index in [9.17, 15) is 0 Å². The Morgan fingerprint density at radius 1 is 0.957 bits per heavy atom. The molecule has 5 rings (SSSR count). The lowest BCUT2D eigenvalue weighted by Crippen LogP contribution is -2.24. The fourth-order valence-corrected chi connectivity index (χ4v) is 4.32. The average Bonchev–Trinajstić information content (AvgIpc) is 3.24. The van der Waals surface area contributed by atoms with Gasteiger partial charge >= 0.3 is 0 Å². The second kappa shape index (κ2) is 4.87. The van der Waals surface area contributed by atoms with Crippen molar-refractivity contribution < 1.29 is 0 Å². The van der Waals surface area contributed by atoms with Gasteiger partial charge in [0, 0.05) is 41.5 Å². The summed E-state index contributed by atoms with van der Waals surface area (Å²) in [6.07, 6.45) is 8.45. The van der Waals surface area contributed by atoms with Crippen LogP contribution >= 0.6 is 0 Å². The van der Waals surface area contributed by atoms with Gasteiger partial charge < -0.3 is 4.90 Å². The second-order valence-corrected chi connectivity index (χ2v) is 6.89. The zero-order chi connectivity index (χ0) is 15.3. The minimum atomic E-state index is 0.369. The van der Waals surface area contributed by atoms with Crippen LogP contribution in [0.3, 0.4) is 0 Å². The minimum Gasteiger partial charge on any atom is -0.302 e. The van der Waals surface area contributed by atoms with Crippen molar-refractivity contribution in [1.29, 1.82) is 0 Å². The predicted octanol–water partition coefficient (Wildman–Crippen LogP) is 3.64. The fourth-order valence-electron chi connectivity index (χ4n) is 4.32. The quantitative estimate of drug-likeness (QED) is 0.723. The van der Waals surface area contributed by atoms with Gasteiger partial charge in [0.1, 0.15) is 0 Å². The summed E-state index contributed by atoms with van der Waals surface area (Å²) in [4.78, 5) is 11.6. The molecule has 0 atom stereocenters. The van der Waals surface area contributed by atoms with E-state index in [0.29, 0.717) is 5.41 Å². The molecule has 2 fully saturated rings. The predicted molar refractivity (Wildman–Crippen MR) is 92.3 cm³/mol. The SMILES string of the molecule is c1cc(-c2ccc(C34CCN(CC3)C4)cn2)c2ccncc2c1. The molecule has 2 aliphatic heterocycles. The van der Waals surface area contributed by atoms with Crippen LogP contribution in [-0.2, 0) is 5.41 Å². The maximum absolute atomic E-state index is 4.82. The molecular weight excluding hydrogens is 282 g/mol. The molecule has 2 saturated heterocycles. The van der Waals surface area contributed by atoms with Crippen molar-refractivity contribution in [2.75, 3.05) is 19.6 Å². The Morgan fingerprint density at radius 3 is 2.61 bits per heavy atom. The highest BCUT2D eigenvalue weighted by Crippen LogP contribution is 2.43. The smallest absolute Gasteiger partial charge is 0.0708 e. The first-order valence-corrected chi connectivity index (χ1v) is 8.36.